The summed E-state index contributed by atoms with van der Waals surface area (Å²) < 4.78 is 38.2. The molecule has 0 amide bonds. The van der Waals surface area contributed by atoms with E-state index in [4.69, 9.17) is 0 Å². The molecule has 1 saturated heterocycles. The molecule has 1 aliphatic heterocycles. The van der Waals surface area contributed by atoms with E-state index in [1.165, 1.54) is 18.2 Å². The van der Waals surface area contributed by atoms with Gasteiger partial charge < -0.3 is 5.32 Å². The van der Waals surface area contributed by atoms with Gasteiger partial charge in [-0.25, -0.2) is 0 Å². The lowest BCUT2D eigenvalue weighted by atomic mass is 9.93. The van der Waals surface area contributed by atoms with E-state index in [2.05, 4.69) is 5.32 Å². The van der Waals surface area contributed by atoms with Crippen LogP contribution in [0.5, 0.6) is 0 Å². The standard InChI is InChI=1S/C12H12F3NO/c13-12(14,15)10-4-2-1-3-9(10)11(17)8-5-6-16-7-8/h1-4,8,16H,5-7H2. The molecule has 1 unspecified atom stereocenters. The molecule has 1 atom stereocenters. The highest BCUT2D eigenvalue weighted by Crippen LogP contribution is 2.33. The summed E-state index contributed by atoms with van der Waals surface area (Å²) in [6, 6.07) is 4.97. The summed E-state index contributed by atoms with van der Waals surface area (Å²) in [6.07, 6.45) is -3.87. The molecular formula is C12H12F3NO. The number of rotatable bonds is 2. The maximum Gasteiger partial charge on any atom is 0.417 e. The van der Waals surface area contributed by atoms with Gasteiger partial charge >= 0.3 is 6.18 Å². The predicted octanol–water partition coefficient (Wildman–Crippen LogP) is 2.50. The van der Waals surface area contributed by atoms with E-state index in [9.17, 15) is 18.0 Å². The van der Waals surface area contributed by atoms with Crippen molar-refractivity contribution in [3.05, 3.63) is 35.4 Å². The lowest BCUT2D eigenvalue weighted by Crippen LogP contribution is -2.21. The van der Waals surface area contributed by atoms with Crippen LogP contribution < -0.4 is 5.32 Å². The van der Waals surface area contributed by atoms with Crippen LogP contribution in [0.25, 0.3) is 0 Å². The summed E-state index contributed by atoms with van der Waals surface area (Å²) in [7, 11) is 0. The van der Waals surface area contributed by atoms with Gasteiger partial charge in [0.25, 0.3) is 0 Å². The first-order valence-corrected chi connectivity index (χ1v) is 5.41. The third kappa shape index (κ3) is 2.49. The van der Waals surface area contributed by atoms with Crippen molar-refractivity contribution >= 4 is 5.78 Å². The van der Waals surface area contributed by atoms with E-state index in [0.29, 0.717) is 19.5 Å². The smallest absolute Gasteiger partial charge is 0.316 e. The van der Waals surface area contributed by atoms with Crippen LogP contribution in [-0.2, 0) is 6.18 Å². The molecule has 1 aromatic rings. The fourth-order valence-corrected chi connectivity index (χ4v) is 2.04. The Bertz CT molecular complexity index is 422. The molecule has 1 heterocycles. The normalized spacial score (nSPS) is 20.5. The zero-order chi connectivity index (χ0) is 12.5. The number of hydrogen-bond acceptors (Lipinski definition) is 2. The highest BCUT2D eigenvalue weighted by atomic mass is 19.4. The number of benzene rings is 1. The fraction of sp³-hybridized carbons (Fsp3) is 0.417. The van der Waals surface area contributed by atoms with Crippen molar-refractivity contribution < 1.29 is 18.0 Å². The Morgan fingerprint density at radius 2 is 2.00 bits per heavy atom. The number of ketones is 1. The van der Waals surface area contributed by atoms with Gasteiger partial charge in [0.05, 0.1) is 5.56 Å². The Balaban J connectivity index is 2.34. The lowest BCUT2D eigenvalue weighted by molar-refractivity contribution is -0.137. The molecule has 0 saturated carbocycles. The van der Waals surface area contributed by atoms with Crippen molar-refractivity contribution in [3.8, 4) is 0 Å². The van der Waals surface area contributed by atoms with Gasteiger partial charge in [-0.1, -0.05) is 18.2 Å². The molecule has 0 bridgehead atoms. The van der Waals surface area contributed by atoms with Gasteiger partial charge in [0.1, 0.15) is 0 Å². The number of Topliss-reactive ketones (excluding diaryl/α,β-unsaturated/α-hetero) is 1. The van der Waals surface area contributed by atoms with Crippen LogP contribution in [0.1, 0.15) is 22.3 Å². The van der Waals surface area contributed by atoms with Gasteiger partial charge in [-0.3, -0.25) is 4.79 Å². The SMILES string of the molecule is O=C(c1ccccc1C(F)(F)F)C1CCNC1. The number of hydrogen-bond donors (Lipinski definition) is 1. The molecule has 1 aromatic carbocycles. The molecule has 0 aromatic heterocycles. The number of carbonyl (C=O) groups is 1. The van der Waals surface area contributed by atoms with Gasteiger partial charge in [0.2, 0.25) is 0 Å². The molecular weight excluding hydrogens is 231 g/mol. The van der Waals surface area contributed by atoms with Gasteiger partial charge in [0, 0.05) is 18.0 Å². The van der Waals surface area contributed by atoms with Gasteiger partial charge in [0.15, 0.2) is 5.78 Å². The van der Waals surface area contributed by atoms with E-state index in [1.54, 1.807) is 0 Å². The average Bonchev–Trinajstić information content (AvgIpc) is 2.80. The highest BCUT2D eigenvalue weighted by molar-refractivity contribution is 5.99. The van der Waals surface area contributed by atoms with Crippen LogP contribution in [0.3, 0.4) is 0 Å². The van der Waals surface area contributed by atoms with Crippen molar-refractivity contribution in [3.63, 3.8) is 0 Å². The number of alkyl halides is 3. The Labute approximate surface area is 96.8 Å². The predicted molar refractivity (Wildman–Crippen MR) is 56.8 cm³/mol. The van der Waals surface area contributed by atoms with E-state index in [0.717, 1.165) is 6.07 Å². The van der Waals surface area contributed by atoms with E-state index >= 15 is 0 Å². The molecule has 0 radical (unpaired) electrons. The van der Waals surface area contributed by atoms with Crippen LogP contribution in [0.4, 0.5) is 13.2 Å². The van der Waals surface area contributed by atoms with Gasteiger partial charge in [-0.2, -0.15) is 13.2 Å². The molecule has 17 heavy (non-hydrogen) atoms. The van der Waals surface area contributed by atoms with Crippen molar-refractivity contribution in [2.75, 3.05) is 13.1 Å². The maximum absolute atomic E-state index is 12.7. The summed E-state index contributed by atoms with van der Waals surface area (Å²) in [5.41, 5.74) is -1.05. The molecule has 0 aliphatic carbocycles. The Morgan fingerprint density at radius 1 is 1.29 bits per heavy atom. The van der Waals surface area contributed by atoms with Gasteiger partial charge in [-0.15, -0.1) is 0 Å². The second-order valence-electron chi connectivity index (χ2n) is 4.10. The molecule has 0 spiro atoms. The van der Waals surface area contributed by atoms with Crippen LogP contribution in [0.2, 0.25) is 0 Å². The zero-order valence-electron chi connectivity index (χ0n) is 9.05. The second kappa shape index (κ2) is 4.49. The Hall–Kier alpha value is -1.36. The molecule has 92 valence electrons. The van der Waals surface area contributed by atoms with Crippen molar-refractivity contribution in [2.24, 2.45) is 5.92 Å². The second-order valence-corrected chi connectivity index (χ2v) is 4.10. The molecule has 5 heteroatoms. The number of nitrogens with one attached hydrogen (secondary N) is 1. The minimum Gasteiger partial charge on any atom is -0.316 e. The van der Waals surface area contributed by atoms with Crippen molar-refractivity contribution in [1.29, 1.82) is 0 Å². The Morgan fingerprint density at radius 3 is 2.59 bits per heavy atom. The van der Waals surface area contributed by atoms with E-state index < -0.39 is 17.5 Å². The summed E-state index contributed by atoms with van der Waals surface area (Å²) in [5, 5.41) is 2.98. The first-order chi connectivity index (χ1) is 8.00. The minimum atomic E-state index is -4.47. The van der Waals surface area contributed by atoms with Crippen LogP contribution in [0, 0.1) is 5.92 Å². The number of carbonyl (C=O) groups excluding carboxylic acids is 1. The highest BCUT2D eigenvalue weighted by Gasteiger charge is 2.36. The topological polar surface area (TPSA) is 29.1 Å². The molecule has 2 rings (SSSR count). The zero-order valence-corrected chi connectivity index (χ0v) is 9.05. The molecule has 1 N–H and O–H groups in total. The van der Waals surface area contributed by atoms with Crippen molar-refractivity contribution in [1.82, 2.24) is 5.32 Å². The third-order valence-electron chi connectivity index (χ3n) is 2.93. The van der Waals surface area contributed by atoms with E-state index in [-0.39, 0.29) is 11.5 Å². The monoisotopic (exact) mass is 243 g/mol. The molecule has 2 nitrogen and oxygen atoms in total. The van der Waals surface area contributed by atoms with E-state index in [1.807, 2.05) is 0 Å². The minimum absolute atomic E-state index is 0.214. The van der Waals surface area contributed by atoms with Crippen LogP contribution in [0.15, 0.2) is 24.3 Å². The average molecular weight is 243 g/mol. The molecule has 1 aliphatic rings. The summed E-state index contributed by atoms with van der Waals surface area (Å²) in [6.45, 7) is 1.15. The van der Waals surface area contributed by atoms with Crippen LogP contribution in [-0.4, -0.2) is 18.9 Å². The number of halogens is 3. The quantitative estimate of drug-likeness (QED) is 0.808. The lowest BCUT2D eigenvalue weighted by Gasteiger charge is -2.14. The Kier molecular flexibility index (Phi) is 3.19. The first kappa shape index (κ1) is 12.1. The third-order valence-corrected chi connectivity index (χ3v) is 2.93. The summed E-state index contributed by atoms with van der Waals surface area (Å²) >= 11 is 0. The summed E-state index contributed by atoms with van der Waals surface area (Å²) in [5.74, 6) is -0.749. The first-order valence-electron chi connectivity index (χ1n) is 5.41. The van der Waals surface area contributed by atoms with Crippen molar-refractivity contribution in [2.45, 2.75) is 12.6 Å². The fourth-order valence-electron chi connectivity index (χ4n) is 2.04. The van der Waals surface area contributed by atoms with Crippen LogP contribution >= 0.6 is 0 Å². The molecule has 1 fully saturated rings. The summed E-state index contributed by atoms with van der Waals surface area (Å²) in [4.78, 5) is 12.0. The maximum atomic E-state index is 12.7. The largest absolute Gasteiger partial charge is 0.417 e. The van der Waals surface area contributed by atoms with Gasteiger partial charge in [-0.05, 0) is 19.0 Å².